The van der Waals surface area contributed by atoms with Crippen molar-refractivity contribution in [1.29, 1.82) is 0 Å². The van der Waals surface area contributed by atoms with Crippen LogP contribution in [0.2, 0.25) is 0 Å². The van der Waals surface area contributed by atoms with Crippen LogP contribution in [0.25, 0.3) is 0 Å². The topological polar surface area (TPSA) is 107 Å². The molecule has 0 spiro atoms. The van der Waals surface area contributed by atoms with Gasteiger partial charge >= 0.3 is 5.97 Å². The van der Waals surface area contributed by atoms with Gasteiger partial charge in [-0.1, -0.05) is 44.1 Å². The highest BCUT2D eigenvalue weighted by Gasteiger charge is 2.35. The van der Waals surface area contributed by atoms with E-state index < -0.39 is 36.5 Å². The highest BCUT2D eigenvalue weighted by atomic mass is 16.5. The van der Waals surface area contributed by atoms with Crippen LogP contribution in [0.1, 0.15) is 64.7 Å². The number of aliphatic hydroxyl groups is 3. The predicted octanol–water partition coefficient (Wildman–Crippen LogP) is 2.56. The van der Waals surface area contributed by atoms with Crippen LogP contribution >= 0.6 is 0 Å². The summed E-state index contributed by atoms with van der Waals surface area (Å²) in [5.74, 6) is -0.882. The first-order valence-corrected chi connectivity index (χ1v) is 9.68. The number of carboxylic acids is 1. The third-order valence-electron chi connectivity index (χ3n) is 4.55. The maximum atomic E-state index is 10.5. The Hall–Kier alpha value is -1.21. The maximum absolute atomic E-state index is 10.5. The van der Waals surface area contributed by atoms with E-state index in [2.05, 4.69) is 13.0 Å². The second kappa shape index (κ2) is 13.0. The summed E-state index contributed by atoms with van der Waals surface area (Å²) in [4.78, 5) is 10.5. The molecule has 0 aromatic heterocycles. The molecule has 1 saturated heterocycles. The Balaban J connectivity index is 2.32. The van der Waals surface area contributed by atoms with Gasteiger partial charge in [0.1, 0.15) is 6.10 Å². The van der Waals surface area contributed by atoms with Crippen molar-refractivity contribution in [3.05, 3.63) is 24.3 Å². The van der Waals surface area contributed by atoms with Gasteiger partial charge in [-0.05, 0) is 32.1 Å². The molecule has 0 amide bonds. The zero-order chi connectivity index (χ0) is 19.4. The zero-order valence-electron chi connectivity index (χ0n) is 15.7. The molecule has 1 aliphatic heterocycles. The minimum atomic E-state index is -0.882. The first kappa shape index (κ1) is 22.8. The largest absolute Gasteiger partial charge is 0.481 e. The van der Waals surface area contributed by atoms with Crippen molar-refractivity contribution >= 4 is 5.97 Å². The van der Waals surface area contributed by atoms with Crippen LogP contribution in [0.5, 0.6) is 0 Å². The molecule has 4 N–H and O–H groups in total. The minimum Gasteiger partial charge on any atom is -0.481 e. The van der Waals surface area contributed by atoms with E-state index in [0.29, 0.717) is 25.7 Å². The average molecular weight is 370 g/mol. The summed E-state index contributed by atoms with van der Waals surface area (Å²) in [6, 6.07) is 0. The van der Waals surface area contributed by atoms with E-state index in [1.54, 1.807) is 6.08 Å². The Morgan fingerprint density at radius 1 is 1.23 bits per heavy atom. The fourth-order valence-electron chi connectivity index (χ4n) is 2.96. The molecule has 0 unspecified atom stereocenters. The number of aliphatic hydroxyl groups excluding tert-OH is 3. The zero-order valence-corrected chi connectivity index (χ0v) is 15.7. The molecule has 0 aromatic rings. The Bertz CT molecular complexity index is 448. The van der Waals surface area contributed by atoms with Crippen LogP contribution in [-0.2, 0) is 9.53 Å². The van der Waals surface area contributed by atoms with Crippen LogP contribution in [0.3, 0.4) is 0 Å². The normalized spacial score (nSPS) is 25.9. The third kappa shape index (κ3) is 9.48. The van der Waals surface area contributed by atoms with E-state index in [1.165, 1.54) is 18.9 Å². The maximum Gasteiger partial charge on any atom is 0.303 e. The van der Waals surface area contributed by atoms with Crippen molar-refractivity contribution in [2.75, 3.05) is 0 Å². The summed E-state index contributed by atoms with van der Waals surface area (Å²) in [6.07, 6.45) is 10.2. The Morgan fingerprint density at radius 3 is 2.69 bits per heavy atom. The van der Waals surface area contributed by atoms with Crippen molar-refractivity contribution in [2.24, 2.45) is 0 Å². The molecular weight excluding hydrogens is 336 g/mol. The van der Waals surface area contributed by atoms with Gasteiger partial charge in [-0.15, -0.1) is 0 Å². The second-order valence-electron chi connectivity index (χ2n) is 6.95. The first-order valence-electron chi connectivity index (χ1n) is 9.68. The van der Waals surface area contributed by atoms with Crippen LogP contribution in [0, 0.1) is 0 Å². The molecule has 6 heteroatoms. The molecule has 6 nitrogen and oxygen atoms in total. The number of carbonyl (C=O) groups is 1. The minimum absolute atomic E-state index is 0.0215. The summed E-state index contributed by atoms with van der Waals surface area (Å²) in [5.41, 5.74) is 0. The number of carboxylic acid groups (broad SMARTS) is 1. The third-order valence-corrected chi connectivity index (χ3v) is 4.55. The highest BCUT2D eigenvalue weighted by molar-refractivity contribution is 5.66. The van der Waals surface area contributed by atoms with E-state index in [-0.39, 0.29) is 6.42 Å². The lowest BCUT2D eigenvalue weighted by Crippen LogP contribution is -2.25. The van der Waals surface area contributed by atoms with Crippen molar-refractivity contribution in [2.45, 2.75) is 95.2 Å². The molecule has 1 heterocycles. The molecule has 1 aliphatic rings. The Kier molecular flexibility index (Phi) is 11.4. The molecule has 0 aliphatic carbocycles. The fourth-order valence-corrected chi connectivity index (χ4v) is 2.96. The Morgan fingerprint density at radius 2 is 2.00 bits per heavy atom. The number of hydrogen-bond acceptors (Lipinski definition) is 5. The molecule has 26 heavy (non-hydrogen) atoms. The first-order chi connectivity index (χ1) is 12.4. The van der Waals surface area contributed by atoms with Gasteiger partial charge in [-0.3, -0.25) is 4.79 Å². The van der Waals surface area contributed by atoms with E-state index in [0.717, 1.165) is 12.8 Å². The number of allylic oxidation sites excluding steroid dienone is 1. The van der Waals surface area contributed by atoms with Gasteiger partial charge in [0.2, 0.25) is 0 Å². The van der Waals surface area contributed by atoms with E-state index in [4.69, 9.17) is 9.84 Å². The summed E-state index contributed by atoms with van der Waals surface area (Å²) in [5, 5.41) is 38.7. The molecule has 0 radical (unpaired) electrons. The van der Waals surface area contributed by atoms with Crippen molar-refractivity contribution < 1.29 is 30.0 Å². The lowest BCUT2D eigenvalue weighted by Gasteiger charge is -2.16. The summed E-state index contributed by atoms with van der Waals surface area (Å²) in [7, 11) is 0. The molecule has 0 aromatic carbocycles. The van der Waals surface area contributed by atoms with Gasteiger partial charge in [0.25, 0.3) is 0 Å². The summed E-state index contributed by atoms with van der Waals surface area (Å²) >= 11 is 0. The van der Waals surface area contributed by atoms with Gasteiger partial charge in [0.15, 0.2) is 0 Å². The molecule has 1 fully saturated rings. The van der Waals surface area contributed by atoms with E-state index in [1.807, 2.05) is 6.08 Å². The van der Waals surface area contributed by atoms with Crippen LogP contribution in [0.4, 0.5) is 0 Å². The summed E-state index contributed by atoms with van der Waals surface area (Å²) < 4.78 is 5.70. The molecule has 0 saturated carbocycles. The number of hydrogen-bond donors (Lipinski definition) is 4. The van der Waals surface area contributed by atoms with Crippen molar-refractivity contribution in [3.8, 4) is 0 Å². The molecule has 5 atom stereocenters. The average Bonchev–Trinajstić information content (AvgIpc) is 2.96. The number of unbranched alkanes of at least 4 members (excludes halogenated alkanes) is 3. The standard InChI is InChI=1S/C20H34O6/c1-2-3-4-5-6-7-10-16(22)19-14-17(23)18(26-19)13-12-15(21)9-8-11-20(24)25/h6-7,12-13,15-19,21-23H,2-5,8-11,14H2,1H3,(H,24,25)/b7-6-,13-12+/t15-,16-,17+,18+,19-/m0/s1. The lowest BCUT2D eigenvalue weighted by atomic mass is 10.0. The van der Waals surface area contributed by atoms with Crippen LogP contribution in [0.15, 0.2) is 24.3 Å². The monoisotopic (exact) mass is 370 g/mol. The highest BCUT2D eigenvalue weighted by Crippen LogP contribution is 2.25. The van der Waals surface area contributed by atoms with Gasteiger partial charge in [0.05, 0.1) is 24.4 Å². The number of ether oxygens (including phenoxy) is 1. The molecule has 150 valence electrons. The van der Waals surface area contributed by atoms with Gasteiger partial charge in [-0.25, -0.2) is 0 Å². The van der Waals surface area contributed by atoms with E-state index in [9.17, 15) is 20.1 Å². The van der Waals surface area contributed by atoms with E-state index >= 15 is 0 Å². The molecule has 1 rings (SSSR count). The predicted molar refractivity (Wildman–Crippen MR) is 99.8 cm³/mol. The summed E-state index contributed by atoms with van der Waals surface area (Å²) in [6.45, 7) is 2.16. The quantitative estimate of drug-likeness (QED) is 0.293. The van der Waals surface area contributed by atoms with Gasteiger partial charge < -0.3 is 25.2 Å². The van der Waals surface area contributed by atoms with Crippen LogP contribution < -0.4 is 0 Å². The van der Waals surface area contributed by atoms with Crippen LogP contribution in [-0.4, -0.2) is 56.9 Å². The number of aliphatic carboxylic acids is 1. The number of rotatable bonds is 13. The van der Waals surface area contributed by atoms with Gasteiger partial charge in [0, 0.05) is 12.8 Å². The Labute approximate surface area is 156 Å². The molecule has 0 bridgehead atoms. The van der Waals surface area contributed by atoms with Gasteiger partial charge in [-0.2, -0.15) is 0 Å². The SMILES string of the molecule is CCCCC/C=C\C[C@H](O)[C@@H]1C[C@@H](O)[C@@H](/C=C/[C@@H](O)CCCC(=O)O)O1. The lowest BCUT2D eigenvalue weighted by molar-refractivity contribution is -0.137. The second-order valence-corrected chi connectivity index (χ2v) is 6.95. The molecular formula is C20H34O6. The smallest absolute Gasteiger partial charge is 0.303 e. The fraction of sp³-hybridized carbons (Fsp3) is 0.750. The van der Waals surface area contributed by atoms with Crippen molar-refractivity contribution in [3.63, 3.8) is 0 Å². The van der Waals surface area contributed by atoms with Crippen molar-refractivity contribution in [1.82, 2.24) is 0 Å².